The van der Waals surface area contributed by atoms with Crippen LogP contribution in [0.25, 0.3) is 22.3 Å². The lowest BCUT2D eigenvalue weighted by atomic mass is 9.89. The van der Waals surface area contributed by atoms with Crippen LogP contribution in [0.3, 0.4) is 0 Å². The second kappa shape index (κ2) is 7.13. The molecule has 0 heterocycles. The fourth-order valence-corrected chi connectivity index (χ4v) is 2.84. The predicted molar refractivity (Wildman–Crippen MR) is 98.2 cm³/mol. The van der Waals surface area contributed by atoms with Crippen LogP contribution in [0.4, 0.5) is 0 Å². The molecule has 0 fully saturated rings. The number of benzene rings is 3. The lowest BCUT2D eigenvalue weighted by molar-refractivity contribution is 0.0651. The summed E-state index contributed by atoms with van der Waals surface area (Å²) in [6.07, 6.45) is 0. The molecule has 0 saturated heterocycles. The van der Waals surface area contributed by atoms with Gasteiger partial charge in [0.25, 0.3) is 0 Å². The molecule has 0 amide bonds. The lowest BCUT2D eigenvalue weighted by Gasteiger charge is -2.14. The Morgan fingerprint density at radius 3 is 1.41 bits per heavy atom. The first-order valence-corrected chi connectivity index (χ1v) is 7.92. The maximum atomic E-state index is 11.6. The van der Waals surface area contributed by atoms with Gasteiger partial charge in [0.05, 0.1) is 16.7 Å². The van der Waals surface area contributed by atoms with E-state index in [0.29, 0.717) is 22.3 Å². The van der Waals surface area contributed by atoms with Gasteiger partial charge in [-0.05, 0) is 46.5 Å². The zero-order valence-electron chi connectivity index (χ0n) is 13.9. The van der Waals surface area contributed by atoms with Gasteiger partial charge in [-0.15, -0.1) is 0 Å². The van der Waals surface area contributed by atoms with Crippen molar-refractivity contribution in [3.05, 3.63) is 83.4 Å². The highest BCUT2D eigenvalue weighted by Crippen LogP contribution is 2.35. The van der Waals surface area contributed by atoms with Crippen molar-refractivity contribution in [3.8, 4) is 22.3 Å². The van der Waals surface area contributed by atoms with Crippen LogP contribution >= 0.6 is 0 Å². The molecule has 0 unspecified atom stereocenters. The first kappa shape index (κ1) is 17.9. The maximum absolute atomic E-state index is 11.6. The van der Waals surface area contributed by atoms with E-state index >= 15 is 0 Å². The summed E-state index contributed by atoms with van der Waals surface area (Å²) in [4.78, 5) is 34.2. The van der Waals surface area contributed by atoms with E-state index in [1.807, 2.05) is 6.07 Å². The molecule has 0 aliphatic heterocycles. The number of carbonyl (C=O) groups is 3. The summed E-state index contributed by atoms with van der Waals surface area (Å²) in [5, 5.41) is 27.9. The SMILES string of the molecule is O=C(O)c1ccc(-c2cc(C(=O)O)c(C(=O)O)cc2-c2ccccc2)cc1. The molecule has 0 saturated carbocycles. The van der Waals surface area contributed by atoms with E-state index in [9.17, 15) is 24.6 Å². The Morgan fingerprint density at radius 2 is 1.00 bits per heavy atom. The largest absolute Gasteiger partial charge is 0.478 e. The average Bonchev–Trinajstić information content (AvgIpc) is 2.67. The van der Waals surface area contributed by atoms with Crippen LogP contribution in [0.15, 0.2) is 66.7 Å². The molecule has 3 rings (SSSR count). The highest BCUT2D eigenvalue weighted by Gasteiger charge is 2.21. The topological polar surface area (TPSA) is 112 Å². The Kier molecular flexibility index (Phi) is 4.72. The molecule has 134 valence electrons. The van der Waals surface area contributed by atoms with Gasteiger partial charge in [-0.1, -0.05) is 42.5 Å². The normalized spacial score (nSPS) is 10.4. The van der Waals surface area contributed by atoms with Crippen LogP contribution in [0.5, 0.6) is 0 Å². The molecule has 0 aliphatic carbocycles. The molecule has 0 bridgehead atoms. The maximum Gasteiger partial charge on any atom is 0.336 e. The molecule has 0 aromatic heterocycles. The third kappa shape index (κ3) is 3.55. The standard InChI is InChI=1S/C21H14O6/c22-19(23)14-8-6-13(7-9-14)16-11-18(21(26)27)17(20(24)25)10-15(16)12-4-2-1-3-5-12/h1-11H,(H,22,23)(H,24,25)(H,26,27). The van der Waals surface area contributed by atoms with Crippen LogP contribution in [0.2, 0.25) is 0 Å². The van der Waals surface area contributed by atoms with E-state index in [0.717, 1.165) is 0 Å². The Morgan fingerprint density at radius 1 is 0.556 bits per heavy atom. The zero-order chi connectivity index (χ0) is 19.6. The number of hydrogen-bond donors (Lipinski definition) is 3. The molecule has 6 heteroatoms. The van der Waals surface area contributed by atoms with Crippen molar-refractivity contribution < 1.29 is 29.7 Å². The minimum Gasteiger partial charge on any atom is -0.478 e. The first-order valence-electron chi connectivity index (χ1n) is 7.92. The van der Waals surface area contributed by atoms with E-state index in [1.165, 1.54) is 24.3 Å². The molecule has 0 spiro atoms. The second-order valence-corrected chi connectivity index (χ2v) is 5.80. The number of rotatable bonds is 5. The van der Waals surface area contributed by atoms with Crippen LogP contribution in [-0.4, -0.2) is 33.2 Å². The number of hydrogen-bond acceptors (Lipinski definition) is 3. The third-order valence-corrected chi connectivity index (χ3v) is 4.15. The van der Waals surface area contributed by atoms with E-state index < -0.39 is 17.9 Å². The molecule has 6 nitrogen and oxygen atoms in total. The summed E-state index contributed by atoms with van der Waals surface area (Å²) in [5.41, 5.74) is 1.79. The lowest BCUT2D eigenvalue weighted by Crippen LogP contribution is -2.09. The molecule has 0 aliphatic rings. The van der Waals surface area contributed by atoms with Crippen molar-refractivity contribution in [2.75, 3.05) is 0 Å². The summed E-state index contributed by atoms with van der Waals surface area (Å²) < 4.78 is 0. The highest BCUT2D eigenvalue weighted by molar-refractivity contribution is 6.05. The Labute approximate surface area is 154 Å². The van der Waals surface area contributed by atoms with Crippen LogP contribution < -0.4 is 0 Å². The molecular formula is C21H14O6. The summed E-state index contributed by atoms with van der Waals surface area (Å²) in [5.74, 6) is -3.76. The molecule has 3 aromatic rings. The van der Waals surface area contributed by atoms with Gasteiger partial charge in [-0.3, -0.25) is 0 Å². The Bertz CT molecular complexity index is 1040. The fourth-order valence-electron chi connectivity index (χ4n) is 2.84. The van der Waals surface area contributed by atoms with Crippen molar-refractivity contribution in [1.29, 1.82) is 0 Å². The number of aromatic carboxylic acids is 3. The van der Waals surface area contributed by atoms with Crippen molar-refractivity contribution in [3.63, 3.8) is 0 Å². The van der Waals surface area contributed by atoms with E-state index in [1.54, 1.807) is 36.4 Å². The number of carboxylic acid groups (broad SMARTS) is 3. The monoisotopic (exact) mass is 362 g/mol. The van der Waals surface area contributed by atoms with Gasteiger partial charge in [0.2, 0.25) is 0 Å². The van der Waals surface area contributed by atoms with Crippen molar-refractivity contribution >= 4 is 17.9 Å². The van der Waals surface area contributed by atoms with Gasteiger partial charge in [0.15, 0.2) is 0 Å². The Hall–Kier alpha value is -3.93. The van der Waals surface area contributed by atoms with Gasteiger partial charge < -0.3 is 15.3 Å². The average molecular weight is 362 g/mol. The zero-order valence-corrected chi connectivity index (χ0v) is 13.9. The van der Waals surface area contributed by atoms with Crippen molar-refractivity contribution in [2.24, 2.45) is 0 Å². The van der Waals surface area contributed by atoms with Gasteiger partial charge in [0, 0.05) is 0 Å². The van der Waals surface area contributed by atoms with Crippen LogP contribution in [0, 0.1) is 0 Å². The van der Waals surface area contributed by atoms with Crippen LogP contribution in [-0.2, 0) is 0 Å². The van der Waals surface area contributed by atoms with Gasteiger partial charge in [-0.25, -0.2) is 14.4 Å². The molecular weight excluding hydrogens is 348 g/mol. The molecule has 3 N–H and O–H groups in total. The molecule has 27 heavy (non-hydrogen) atoms. The highest BCUT2D eigenvalue weighted by atomic mass is 16.4. The first-order chi connectivity index (χ1) is 12.9. The van der Waals surface area contributed by atoms with Crippen molar-refractivity contribution in [1.82, 2.24) is 0 Å². The van der Waals surface area contributed by atoms with Crippen molar-refractivity contribution in [2.45, 2.75) is 0 Å². The minimum absolute atomic E-state index is 0.0978. The summed E-state index contributed by atoms with van der Waals surface area (Å²) in [6.45, 7) is 0. The van der Waals surface area contributed by atoms with E-state index in [-0.39, 0.29) is 16.7 Å². The van der Waals surface area contributed by atoms with Gasteiger partial charge >= 0.3 is 17.9 Å². The van der Waals surface area contributed by atoms with E-state index in [4.69, 9.17) is 5.11 Å². The summed E-state index contributed by atoms with van der Waals surface area (Å²) >= 11 is 0. The number of carboxylic acids is 3. The van der Waals surface area contributed by atoms with E-state index in [2.05, 4.69) is 0 Å². The third-order valence-electron chi connectivity index (χ3n) is 4.15. The molecule has 0 atom stereocenters. The minimum atomic E-state index is -1.35. The molecule has 3 aromatic carbocycles. The fraction of sp³-hybridized carbons (Fsp3) is 0. The Balaban J connectivity index is 2.30. The predicted octanol–water partition coefficient (Wildman–Crippen LogP) is 4.12. The summed E-state index contributed by atoms with van der Waals surface area (Å²) in [6, 6.07) is 17.6. The van der Waals surface area contributed by atoms with Gasteiger partial charge in [-0.2, -0.15) is 0 Å². The smallest absolute Gasteiger partial charge is 0.336 e. The van der Waals surface area contributed by atoms with Crippen LogP contribution in [0.1, 0.15) is 31.1 Å². The second-order valence-electron chi connectivity index (χ2n) is 5.80. The summed E-state index contributed by atoms with van der Waals surface area (Å²) in [7, 11) is 0. The molecule has 0 radical (unpaired) electrons. The van der Waals surface area contributed by atoms with Gasteiger partial charge in [0.1, 0.15) is 0 Å². The quantitative estimate of drug-likeness (QED) is 0.629.